The Morgan fingerprint density at radius 1 is 1.00 bits per heavy atom. The summed E-state index contributed by atoms with van der Waals surface area (Å²) in [6.45, 7) is 7.54. The number of carbonyl (C=O) groups excluding carboxylic acids is 5. The fraction of sp³-hybridized carbons (Fsp3) is 0.703. The largest absolute Gasteiger partial charge is 0.444 e. The van der Waals surface area contributed by atoms with E-state index in [1.165, 1.54) is 17.5 Å². The molecule has 0 unspecified atom stereocenters. The van der Waals surface area contributed by atoms with Crippen LogP contribution in [0.4, 0.5) is 4.79 Å². The number of likely N-dealkylation sites (N-methyl/N-ethyl adjacent to an activating group) is 1. The number of likely N-dealkylation sites (tertiary alicyclic amines) is 1. The molecule has 5 atom stereocenters. The number of ether oxygens (including phenoxy) is 1. The van der Waals surface area contributed by atoms with E-state index >= 15 is 0 Å². The second-order valence-electron chi connectivity index (χ2n) is 15.1. The Hall–Kier alpha value is -3.67. The van der Waals surface area contributed by atoms with Crippen LogP contribution in [0.15, 0.2) is 24.3 Å². The van der Waals surface area contributed by atoms with Gasteiger partial charge in [-0.3, -0.25) is 24.1 Å². The Labute approximate surface area is 291 Å². The second-order valence-corrected chi connectivity index (χ2v) is 15.1. The third-order valence-electron chi connectivity index (χ3n) is 10.1. The van der Waals surface area contributed by atoms with Crippen LogP contribution < -0.4 is 21.7 Å². The fourth-order valence-electron chi connectivity index (χ4n) is 7.30. The van der Waals surface area contributed by atoms with Gasteiger partial charge in [0.2, 0.25) is 23.6 Å². The Balaban J connectivity index is 1.56. The number of benzene rings is 1. The van der Waals surface area contributed by atoms with Gasteiger partial charge < -0.3 is 31.3 Å². The zero-order valence-electron chi connectivity index (χ0n) is 30.1. The normalized spacial score (nSPS) is 22.3. The summed E-state index contributed by atoms with van der Waals surface area (Å²) in [4.78, 5) is 70.8. The Bertz CT molecular complexity index is 1320. The van der Waals surface area contributed by atoms with E-state index in [1.807, 2.05) is 18.2 Å². The molecule has 1 saturated carbocycles. The molecule has 1 aromatic carbocycles. The van der Waals surface area contributed by atoms with Crippen molar-refractivity contribution in [2.24, 2.45) is 11.7 Å². The number of carbonyl (C=O) groups is 5. The smallest absolute Gasteiger partial charge is 0.410 e. The highest BCUT2D eigenvalue weighted by atomic mass is 16.6. The van der Waals surface area contributed by atoms with Crippen molar-refractivity contribution in [3.63, 3.8) is 0 Å². The van der Waals surface area contributed by atoms with Crippen molar-refractivity contribution in [3.8, 4) is 0 Å². The maximum Gasteiger partial charge on any atom is 0.410 e. The molecule has 12 nitrogen and oxygen atoms in total. The number of fused-ring (bicyclic) bond motifs is 1. The van der Waals surface area contributed by atoms with Gasteiger partial charge in [-0.2, -0.15) is 0 Å². The summed E-state index contributed by atoms with van der Waals surface area (Å²) in [6, 6.07) is 4.93. The number of unbranched alkanes of at least 4 members (excludes halogenated alkanes) is 1. The lowest BCUT2D eigenvalue weighted by atomic mass is 9.83. The molecular weight excluding hydrogens is 624 g/mol. The highest BCUT2D eigenvalue weighted by Crippen LogP contribution is 2.32. The Morgan fingerprint density at radius 3 is 2.41 bits per heavy atom. The van der Waals surface area contributed by atoms with Gasteiger partial charge in [-0.05, 0) is 103 Å². The second kappa shape index (κ2) is 17.3. The monoisotopic (exact) mass is 682 g/mol. The maximum atomic E-state index is 14.6. The van der Waals surface area contributed by atoms with Crippen LogP contribution >= 0.6 is 0 Å². The summed E-state index contributed by atoms with van der Waals surface area (Å²) >= 11 is 0. The molecule has 0 spiro atoms. The van der Waals surface area contributed by atoms with Crippen molar-refractivity contribution < 1.29 is 28.7 Å². The molecule has 5 N–H and O–H groups in total. The molecule has 272 valence electrons. The van der Waals surface area contributed by atoms with Gasteiger partial charge in [0, 0.05) is 26.1 Å². The highest BCUT2D eigenvalue weighted by molar-refractivity contribution is 5.94. The van der Waals surface area contributed by atoms with Gasteiger partial charge >= 0.3 is 6.09 Å². The number of nitrogens with two attached hydrogens (primary N) is 1. The van der Waals surface area contributed by atoms with Crippen LogP contribution in [-0.4, -0.2) is 89.4 Å². The summed E-state index contributed by atoms with van der Waals surface area (Å²) in [5.74, 6) is -1.33. The van der Waals surface area contributed by atoms with Gasteiger partial charge in [0.15, 0.2) is 0 Å². The van der Waals surface area contributed by atoms with Crippen LogP contribution in [0.5, 0.6) is 0 Å². The average Bonchev–Trinajstić information content (AvgIpc) is 3.49. The van der Waals surface area contributed by atoms with Crippen LogP contribution in [0.25, 0.3) is 0 Å². The van der Waals surface area contributed by atoms with Crippen LogP contribution in [0.3, 0.4) is 0 Å². The first-order valence-electron chi connectivity index (χ1n) is 18.2. The number of aryl methyl sites for hydroxylation is 1. The number of hydrogen-bond donors (Lipinski definition) is 4. The third kappa shape index (κ3) is 10.4. The zero-order chi connectivity index (χ0) is 35.7. The average molecular weight is 683 g/mol. The van der Waals surface area contributed by atoms with Crippen molar-refractivity contribution in [1.82, 2.24) is 25.8 Å². The molecule has 12 heteroatoms. The van der Waals surface area contributed by atoms with E-state index in [2.05, 4.69) is 22.0 Å². The molecular formula is C37H58N6O6. The van der Waals surface area contributed by atoms with Crippen LogP contribution in [0.2, 0.25) is 0 Å². The van der Waals surface area contributed by atoms with Gasteiger partial charge in [-0.25, -0.2) is 4.79 Å². The zero-order valence-corrected chi connectivity index (χ0v) is 30.1. The summed E-state index contributed by atoms with van der Waals surface area (Å²) in [5.41, 5.74) is 7.19. The predicted octanol–water partition coefficient (Wildman–Crippen LogP) is 3.72. The van der Waals surface area contributed by atoms with Crippen LogP contribution in [0, 0.1) is 5.92 Å². The molecule has 2 aliphatic carbocycles. The molecule has 1 aliphatic heterocycles. The minimum Gasteiger partial charge on any atom is -0.444 e. The van der Waals surface area contributed by atoms with Crippen molar-refractivity contribution in [3.05, 3.63) is 35.4 Å². The first-order chi connectivity index (χ1) is 23.3. The topological polar surface area (TPSA) is 163 Å². The molecule has 0 bridgehead atoms. The summed E-state index contributed by atoms with van der Waals surface area (Å²) in [7, 11) is 1.50. The molecule has 49 heavy (non-hydrogen) atoms. The number of hydrogen-bond acceptors (Lipinski definition) is 7. The van der Waals surface area contributed by atoms with E-state index in [9.17, 15) is 24.0 Å². The standard InChI is InChI=1S/C37H58N6O6/c1-24(42(5)36(48)49-37(2,3)4)33(45)41-32(26-15-7-6-8-16-26)35(47)43-23-27(39-31(44)20-11-12-21-38)22-30(43)34(46)40-29-19-13-17-25-14-9-10-18-28(25)29/h9-10,14,18,24,26-27,29-30,32H,6-8,11-13,15-17,19-23,38H2,1-5H3,(H,39,44)(H,40,46)(H,41,45)/t24-,27-,29+,30-,32-/m0/s1. The molecule has 1 saturated heterocycles. The van der Waals surface area contributed by atoms with Gasteiger partial charge in [-0.15, -0.1) is 0 Å². The van der Waals surface area contributed by atoms with Crippen molar-refractivity contribution in [2.45, 2.75) is 141 Å². The maximum absolute atomic E-state index is 14.6. The van der Waals surface area contributed by atoms with E-state index in [0.29, 0.717) is 19.4 Å². The van der Waals surface area contributed by atoms with E-state index in [4.69, 9.17) is 10.5 Å². The molecule has 2 fully saturated rings. The fourth-order valence-corrected chi connectivity index (χ4v) is 7.30. The lowest BCUT2D eigenvalue weighted by Gasteiger charge is -2.36. The molecule has 1 aromatic rings. The minimum atomic E-state index is -0.904. The minimum absolute atomic E-state index is 0.122. The van der Waals surface area contributed by atoms with Crippen molar-refractivity contribution in [2.75, 3.05) is 20.1 Å². The molecule has 1 heterocycles. The predicted molar refractivity (Wildman–Crippen MR) is 187 cm³/mol. The number of rotatable bonds is 12. The Kier molecular flexibility index (Phi) is 13.5. The first kappa shape index (κ1) is 38.1. The molecule has 5 amide bonds. The van der Waals surface area contributed by atoms with Gasteiger partial charge in [0.1, 0.15) is 23.7 Å². The highest BCUT2D eigenvalue weighted by Gasteiger charge is 2.45. The van der Waals surface area contributed by atoms with Crippen LogP contribution in [0.1, 0.15) is 115 Å². The quantitative estimate of drug-likeness (QED) is 0.244. The number of nitrogens with zero attached hydrogens (tertiary/aromatic N) is 2. The van der Waals surface area contributed by atoms with Gasteiger partial charge in [-0.1, -0.05) is 43.5 Å². The van der Waals surface area contributed by atoms with Gasteiger partial charge in [0.25, 0.3) is 0 Å². The van der Waals surface area contributed by atoms with E-state index < -0.39 is 41.8 Å². The number of nitrogens with one attached hydrogen (secondary N) is 3. The van der Waals surface area contributed by atoms with Crippen molar-refractivity contribution in [1.29, 1.82) is 0 Å². The summed E-state index contributed by atoms with van der Waals surface area (Å²) < 4.78 is 5.47. The SMILES string of the molecule is C[C@@H](C(=O)N[C@H](C(=O)N1C[C@@H](NC(=O)CCCCN)C[C@H]1C(=O)N[C@@H]1CCCc2ccccc21)C1CCCCC1)N(C)C(=O)OC(C)(C)C. The molecule has 3 aliphatic rings. The van der Waals surface area contributed by atoms with E-state index in [1.54, 1.807) is 32.6 Å². The lowest BCUT2D eigenvalue weighted by Crippen LogP contribution is -2.59. The van der Waals surface area contributed by atoms with Crippen LogP contribution in [-0.2, 0) is 30.3 Å². The first-order valence-corrected chi connectivity index (χ1v) is 18.2. The van der Waals surface area contributed by atoms with Crippen molar-refractivity contribution >= 4 is 29.7 Å². The van der Waals surface area contributed by atoms with E-state index in [0.717, 1.165) is 63.4 Å². The molecule has 0 radical (unpaired) electrons. The Morgan fingerprint density at radius 2 is 1.71 bits per heavy atom. The third-order valence-corrected chi connectivity index (χ3v) is 10.1. The summed E-state index contributed by atoms with van der Waals surface area (Å²) in [5, 5.41) is 9.28. The lowest BCUT2D eigenvalue weighted by molar-refractivity contribution is -0.143. The molecule has 4 rings (SSSR count). The van der Waals surface area contributed by atoms with E-state index in [-0.39, 0.29) is 42.6 Å². The number of amides is 5. The summed E-state index contributed by atoms with van der Waals surface area (Å²) in [6.07, 6.45) is 8.51. The molecule has 0 aromatic heterocycles. The van der Waals surface area contributed by atoms with Gasteiger partial charge in [0.05, 0.1) is 6.04 Å².